The van der Waals surface area contributed by atoms with Crippen LogP contribution in [0.15, 0.2) is 0 Å². The largest absolute Gasteiger partial charge is 0.481 e. The minimum Gasteiger partial charge on any atom is -0.481 e. The van der Waals surface area contributed by atoms with Gasteiger partial charge in [-0.05, 0) is 55.4 Å². The maximum Gasteiger partial charge on any atom is 0.309 e. The number of hydrogen-bond donors (Lipinski definition) is 1. The van der Waals surface area contributed by atoms with Crippen molar-refractivity contribution in [2.75, 3.05) is 11.5 Å². The lowest BCUT2D eigenvalue weighted by Crippen LogP contribution is -2.37. The van der Waals surface area contributed by atoms with Gasteiger partial charge in [-0.1, -0.05) is 20.8 Å². The topological polar surface area (TPSA) is 37.3 Å². The predicted octanol–water partition coefficient (Wildman–Crippen LogP) is 4.19. The molecule has 0 heterocycles. The molecule has 0 radical (unpaired) electrons. The van der Waals surface area contributed by atoms with Crippen molar-refractivity contribution >= 4 is 17.7 Å². The molecule has 0 aromatic carbocycles. The number of rotatable bonds is 6. The van der Waals surface area contributed by atoms with Crippen molar-refractivity contribution in [1.82, 2.24) is 0 Å². The van der Waals surface area contributed by atoms with Crippen molar-refractivity contribution in [3.05, 3.63) is 0 Å². The zero-order valence-corrected chi connectivity index (χ0v) is 12.2. The molecule has 0 aromatic rings. The lowest BCUT2D eigenvalue weighted by molar-refractivity contribution is -0.153. The van der Waals surface area contributed by atoms with Gasteiger partial charge in [0.15, 0.2) is 0 Å². The highest BCUT2D eigenvalue weighted by molar-refractivity contribution is 7.99. The zero-order valence-electron chi connectivity index (χ0n) is 11.4. The van der Waals surface area contributed by atoms with Gasteiger partial charge in [-0.25, -0.2) is 0 Å². The van der Waals surface area contributed by atoms with E-state index in [9.17, 15) is 9.90 Å². The maximum atomic E-state index is 11.5. The SMILES string of the molecule is CCSCCCC1(C(=O)O)CCC(C)(C)CC1. The fourth-order valence-electron chi connectivity index (χ4n) is 2.63. The van der Waals surface area contributed by atoms with Gasteiger partial charge in [0.25, 0.3) is 0 Å². The first-order valence-electron chi connectivity index (χ1n) is 6.73. The molecule has 0 spiro atoms. The van der Waals surface area contributed by atoms with Gasteiger partial charge in [0, 0.05) is 0 Å². The van der Waals surface area contributed by atoms with Crippen LogP contribution in [0.3, 0.4) is 0 Å². The fraction of sp³-hybridized carbons (Fsp3) is 0.929. The minimum atomic E-state index is -0.561. The lowest BCUT2D eigenvalue weighted by Gasteiger charge is -2.41. The fourth-order valence-corrected chi connectivity index (χ4v) is 3.27. The van der Waals surface area contributed by atoms with Gasteiger partial charge in [0.05, 0.1) is 5.41 Å². The third-order valence-corrected chi connectivity index (χ3v) is 5.15. The second-order valence-corrected chi connectivity index (χ2v) is 7.44. The molecule has 0 saturated heterocycles. The van der Waals surface area contributed by atoms with Gasteiger partial charge in [-0.15, -0.1) is 0 Å². The molecule has 0 amide bonds. The third-order valence-electron chi connectivity index (χ3n) is 4.16. The summed E-state index contributed by atoms with van der Waals surface area (Å²) in [7, 11) is 0. The van der Waals surface area contributed by atoms with E-state index in [0.717, 1.165) is 50.0 Å². The molecule has 0 aromatic heterocycles. The smallest absolute Gasteiger partial charge is 0.309 e. The van der Waals surface area contributed by atoms with E-state index < -0.39 is 11.4 Å². The molecule has 1 N–H and O–H groups in total. The van der Waals surface area contributed by atoms with Crippen molar-refractivity contribution in [2.45, 2.75) is 59.3 Å². The number of hydrogen-bond acceptors (Lipinski definition) is 2. The molecule has 0 aliphatic heterocycles. The summed E-state index contributed by atoms with van der Waals surface area (Å²) in [6.07, 6.45) is 5.76. The Kier molecular flexibility index (Phi) is 5.36. The van der Waals surface area contributed by atoms with E-state index in [1.54, 1.807) is 0 Å². The Bertz CT molecular complexity index is 251. The van der Waals surface area contributed by atoms with Crippen molar-refractivity contribution in [2.24, 2.45) is 10.8 Å². The standard InChI is InChI=1S/C14H26O2S/c1-4-17-11-5-6-14(12(15)16)9-7-13(2,3)8-10-14/h4-11H2,1-3H3,(H,15,16). The molecule has 1 saturated carbocycles. The van der Waals surface area contributed by atoms with Crippen LogP contribution < -0.4 is 0 Å². The summed E-state index contributed by atoms with van der Waals surface area (Å²) < 4.78 is 0. The van der Waals surface area contributed by atoms with Crippen LogP contribution in [0.25, 0.3) is 0 Å². The average molecular weight is 258 g/mol. The highest BCUT2D eigenvalue weighted by Gasteiger charge is 2.43. The van der Waals surface area contributed by atoms with Crippen LogP contribution in [-0.4, -0.2) is 22.6 Å². The Labute approximate surface area is 110 Å². The number of carbonyl (C=O) groups is 1. The van der Waals surface area contributed by atoms with Crippen LogP contribution in [0.4, 0.5) is 0 Å². The maximum absolute atomic E-state index is 11.5. The molecular formula is C14H26O2S. The average Bonchev–Trinajstić information content (AvgIpc) is 2.26. The quantitative estimate of drug-likeness (QED) is 0.726. The Morgan fingerprint density at radius 1 is 1.24 bits per heavy atom. The number of carboxylic acid groups (broad SMARTS) is 1. The van der Waals surface area contributed by atoms with Crippen LogP contribution in [-0.2, 0) is 4.79 Å². The van der Waals surface area contributed by atoms with Gasteiger partial charge in [0.1, 0.15) is 0 Å². The van der Waals surface area contributed by atoms with Crippen LogP contribution in [0, 0.1) is 10.8 Å². The molecule has 1 fully saturated rings. The van der Waals surface area contributed by atoms with Crippen LogP contribution in [0.5, 0.6) is 0 Å². The Morgan fingerprint density at radius 2 is 1.82 bits per heavy atom. The summed E-state index contributed by atoms with van der Waals surface area (Å²) >= 11 is 1.91. The molecule has 100 valence electrons. The summed E-state index contributed by atoms with van der Waals surface area (Å²) in [5.41, 5.74) is -0.0685. The number of carboxylic acids is 1. The Morgan fingerprint density at radius 3 is 2.29 bits per heavy atom. The first-order chi connectivity index (χ1) is 7.92. The summed E-state index contributed by atoms with van der Waals surface area (Å²) in [4.78, 5) is 11.5. The van der Waals surface area contributed by atoms with Crippen molar-refractivity contribution in [3.8, 4) is 0 Å². The van der Waals surface area contributed by atoms with E-state index in [-0.39, 0.29) is 0 Å². The number of thioether (sulfide) groups is 1. The molecule has 3 heteroatoms. The van der Waals surface area contributed by atoms with Crippen LogP contribution in [0.2, 0.25) is 0 Å². The first-order valence-corrected chi connectivity index (χ1v) is 7.88. The molecule has 17 heavy (non-hydrogen) atoms. The van der Waals surface area contributed by atoms with Gasteiger partial charge >= 0.3 is 5.97 Å². The molecule has 0 bridgehead atoms. The van der Waals surface area contributed by atoms with E-state index in [1.165, 1.54) is 0 Å². The second kappa shape index (κ2) is 6.12. The minimum absolute atomic E-state index is 0.344. The summed E-state index contributed by atoms with van der Waals surface area (Å²) in [6, 6.07) is 0. The van der Waals surface area contributed by atoms with Crippen molar-refractivity contribution in [1.29, 1.82) is 0 Å². The molecule has 1 aliphatic carbocycles. The molecular weight excluding hydrogens is 232 g/mol. The third kappa shape index (κ3) is 4.20. The predicted molar refractivity (Wildman–Crippen MR) is 74.6 cm³/mol. The van der Waals surface area contributed by atoms with Crippen molar-refractivity contribution < 1.29 is 9.90 Å². The van der Waals surface area contributed by atoms with Gasteiger partial charge in [-0.3, -0.25) is 4.79 Å². The second-order valence-electron chi connectivity index (χ2n) is 6.05. The van der Waals surface area contributed by atoms with Gasteiger partial charge in [-0.2, -0.15) is 11.8 Å². The van der Waals surface area contributed by atoms with Crippen molar-refractivity contribution in [3.63, 3.8) is 0 Å². The van der Waals surface area contributed by atoms with E-state index in [0.29, 0.717) is 5.41 Å². The van der Waals surface area contributed by atoms with E-state index >= 15 is 0 Å². The van der Waals surface area contributed by atoms with Gasteiger partial charge < -0.3 is 5.11 Å². The van der Waals surface area contributed by atoms with E-state index in [1.807, 2.05) is 11.8 Å². The molecule has 2 nitrogen and oxygen atoms in total. The molecule has 0 unspecified atom stereocenters. The number of aliphatic carboxylic acids is 1. The van der Waals surface area contributed by atoms with Crippen LogP contribution in [0.1, 0.15) is 59.3 Å². The summed E-state index contributed by atoms with van der Waals surface area (Å²) in [5, 5.41) is 9.51. The first kappa shape index (κ1) is 14.9. The molecule has 1 aliphatic rings. The summed E-state index contributed by atoms with van der Waals surface area (Å²) in [5.74, 6) is 1.68. The zero-order chi connectivity index (χ0) is 12.9. The molecule has 1 rings (SSSR count). The highest BCUT2D eigenvalue weighted by Crippen LogP contribution is 2.47. The lowest BCUT2D eigenvalue weighted by atomic mass is 9.63. The molecule has 0 atom stereocenters. The van der Waals surface area contributed by atoms with Crippen LogP contribution >= 0.6 is 11.8 Å². The monoisotopic (exact) mass is 258 g/mol. The van der Waals surface area contributed by atoms with E-state index in [2.05, 4.69) is 20.8 Å². The van der Waals surface area contributed by atoms with Gasteiger partial charge in [0.2, 0.25) is 0 Å². The normalized spacial score (nSPS) is 22.3. The highest BCUT2D eigenvalue weighted by atomic mass is 32.2. The Hall–Kier alpha value is -0.180. The van der Waals surface area contributed by atoms with E-state index in [4.69, 9.17) is 0 Å². The Balaban J connectivity index is 2.50. The summed E-state index contributed by atoms with van der Waals surface area (Å²) in [6.45, 7) is 6.66.